The Hall–Kier alpha value is -3.46. The summed E-state index contributed by atoms with van der Waals surface area (Å²) >= 11 is 0. The van der Waals surface area contributed by atoms with E-state index in [2.05, 4.69) is 11.2 Å². The smallest absolute Gasteiger partial charge is 0.262 e. The van der Waals surface area contributed by atoms with E-state index < -0.39 is 17.3 Å². The molecule has 1 saturated carbocycles. The Balaban J connectivity index is 1.84. The molecule has 0 radical (unpaired) electrons. The summed E-state index contributed by atoms with van der Waals surface area (Å²) in [5.41, 5.74) is 0.665. The number of hydrogen-bond donors (Lipinski definition) is 1. The second kappa shape index (κ2) is 7.75. The molecule has 1 N–H and O–H groups in total. The Morgan fingerprint density at radius 2 is 2.00 bits per heavy atom. The minimum atomic E-state index is -0.707. The molecule has 1 amide bonds. The highest BCUT2D eigenvalue weighted by molar-refractivity contribution is 6.08. The van der Waals surface area contributed by atoms with Gasteiger partial charge in [0.1, 0.15) is 11.6 Å². The number of carbonyl (C=O) groups excluding carboxylic acids is 1. The fraction of sp³-hybridized carbons (Fsp3) is 0.250. The maximum absolute atomic E-state index is 14.5. The SMILES string of the molecule is C#CCn1c(C)c(C(=O)N[C@H](c2cccc(F)c2)C2CC2)c2cccc(F)c2c1=O. The number of pyridine rings is 1. The zero-order valence-electron chi connectivity index (χ0n) is 16.4. The normalized spacial score (nSPS) is 14.3. The lowest BCUT2D eigenvalue weighted by atomic mass is 9.99. The number of hydrogen-bond acceptors (Lipinski definition) is 2. The van der Waals surface area contributed by atoms with E-state index in [1.807, 2.05) is 0 Å². The zero-order valence-corrected chi connectivity index (χ0v) is 16.4. The number of carbonyl (C=O) groups is 1. The van der Waals surface area contributed by atoms with Gasteiger partial charge >= 0.3 is 0 Å². The van der Waals surface area contributed by atoms with Crippen molar-refractivity contribution >= 4 is 16.7 Å². The molecular weight excluding hydrogens is 386 g/mol. The molecule has 152 valence electrons. The maximum Gasteiger partial charge on any atom is 0.262 e. The van der Waals surface area contributed by atoms with Crippen LogP contribution in [0.4, 0.5) is 8.78 Å². The van der Waals surface area contributed by atoms with Gasteiger partial charge in [0.05, 0.1) is 23.5 Å². The van der Waals surface area contributed by atoms with Crippen LogP contribution in [0.3, 0.4) is 0 Å². The zero-order chi connectivity index (χ0) is 21.4. The van der Waals surface area contributed by atoms with Crippen molar-refractivity contribution in [1.82, 2.24) is 9.88 Å². The summed E-state index contributed by atoms with van der Waals surface area (Å²) in [6.07, 6.45) is 7.23. The van der Waals surface area contributed by atoms with Gasteiger partial charge in [-0.25, -0.2) is 8.78 Å². The lowest BCUT2D eigenvalue weighted by Gasteiger charge is -2.21. The van der Waals surface area contributed by atoms with Crippen molar-refractivity contribution in [3.63, 3.8) is 0 Å². The van der Waals surface area contributed by atoms with Crippen molar-refractivity contribution < 1.29 is 13.6 Å². The Labute approximate surface area is 172 Å². The molecule has 1 aliphatic carbocycles. The first-order valence-corrected chi connectivity index (χ1v) is 9.73. The minimum Gasteiger partial charge on any atom is -0.345 e. The Morgan fingerprint density at radius 3 is 2.67 bits per heavy atom. The third-order valence-corrected chi connectivity index (χ3v) is 5.57. The van der Waals surface area contributed by atoms with Crippen LogP contribution in [-0.4, -0.2) is 10.5 Å². The topological polar surface area (TPSA) is 51.1 Å². The van der Waals surface area contributed by atoms with Crippen molar-refractivity contribution in [2.45, 2.75) is 32.4 Å². The summed E-state index contributed by atoms with van der Waals surface area (Å²) in [4.78, 5) is 26.2. The van der Waals surface area contributed by atoms with Crippen LogP contribution in [-0.2, 0) is 6.54 Å². The molecule has 3 aromatic rings. The van der Waals surface area contributed by atoms with Gasteiger partial charge in [-0.3, -0.25) is 14.2 Å². The van der Waals surface area contributed by atoms with Gasteiger partial charge in [-0.1, -0.05) is 30.2 Å². The van der Waals surface area contributed by atoms with Crippen LogP contribution in [0.25, 0.3) is 10.8 Å². The number of nitrogens with one attached hydrogen (secondary N) is 1. The summed E-state index contributed by atoms with van der Waals surface area (Å²) in [6, 6.07) is 9.97. The first-order valence-electron chi connectivity index (χ1n) is 9.73. The monoisotopic (exact) mass is 406 g/mol. The van der Waals surface area contributed by atoms with E-state index in [0.717, 1.165) is 12.8 Å². The highest BCUT2D eigenvalue weighted by Gasteiger charge is 2.34. The second-order valence-electron chi connectivity index (χ2n) is 7.56. The Bertz CT molecular complexity index is 1250. The van der Waals surface area contributed by atoms with Gasteiger partial charge < -0.3 is 5.32 Å². The third kappa shape index (κ3) is 3.48. The number of halogens is 2. The average molecular weight is 406 g/mol. The quantitative estimate of drug-likeness (QED) is 0.649. The fourth-order valence-electron chi connectivity index (χ4n) is 3.95. The van der Waals surface area contributed by atoms with Gasteiger partial charge in [0.2, 0.25) is 0 Å². The number of nitrogens with zero attached hydrogens (tertiary/aromatic N) is 1. The second-order valence-corrected chi connectivity index (χ2v) is 7.56. The summed E-state index contributed by atoms with van der Waals surface area (Å²) in [6.45, 7) is 1.54. The molecule has 1 heterocycles. The van der Waals surface area contributed by atoms with Crippen LogP contribution in [0.15, 0.2) is 47.3 Å². The van der Waals surface area contributed by atoms with Gasteiger partial charge in [-0.15, -0.1) is 6.42 Å². The van der Waals surface area contributed by atoms with Crippen molar-refractivity contribution in [2.75, 3.05) is 0 Å². The van der Waals surface area contributed by atoms with Gasteiger partial charge in [-0.05, 0) is 49.4 Å². The highest BCUT2D eigenvalue weighted by atomic mass is 19.1. The van der Waals surface area contributed by atoms with Gasteiger partial charge in [0.25, 0.3) is 11.5 Å². The summed E-state index contributed by atoms with van der Waals surface area (Å²) in [5, 5.41) is 3.05. The minimum absolute atomic E-state index is 0.0782. The molecule has 2 aromatic carbocycles. The molecule has 1 atom stereocenters. The van der Waals surface area contributed by atoms with Gasteiger partial charge in [0.15, 0.2) is 0 Å². The lowest BCUT2D eigenvalue weighted by Crippen LogP contribution is -2.33. The van der Waals surface area contributed by atoms with Crippen LogP contribution in [0, 0.1) is 36.8 Å². The molecule has 4 nitrogen and oxygen atoms in total. The summed E-state index contributed by atoms with van der Waals surface area (Å²) in [5.74, 6) is 1.06. The summed E-state index contributed by atoms with van der Waals surface area (Å²) in [7, 11) is 0. The van der Waals surface area contributed by atoms with Crippen molar-refractivity contribution in [3.8, 4) is 12.3 Å². The van der Waals surface area contributed by atoms with Crippen LogP contribution in [0.2, 0.25) is 0 Å². The Morgan fingerprint density at radius 1 is 1.27 bits per heavy atom. The van der Waals surface area contributed by atoms with E-state index in [9.17, 15) is 18.4 Å². The largest absolute Gasteiger partial charge is 0.345 e. The predicted molar refractivity (Wildman–Crippen MR) is 111 cm³/mol. The van der Waals surface area contributed by atoms with E-state index >= 15 is 0 Å². The van der Waals surface area contributed by atoms with Gasteiger partial charge in [0, 0.05) is 11.1 Å². The molecule has 30 heavy (non-hydrogen) atoms. The molecule has 4 rings (SSSR count). The third-order valence-electron chi connectivity index (χ3n) is 5.57. The lowest BCUT2D eigenvalue weighted by molar-refractivity contribution is 0.0931. The van der Waals surface area contributed by atoms with E-state index in [4.69, 9.17) is 6.42 Å². The average Bonchev–Trinajstić information content (AvgIpc) is 3.54. The number of benzene rings is 2. The molecule has 1 aromatic heterocycles. The molecule has 0 saturated heterocycles. The van der Waals surface area contributed by atoms with Crippen LogP contribution in [0.5, 0.6) is 0 Å². The molecular formula is C24H20F2N2O2. The summed E-state index contributed by atoms with van der Waals surface area (Å²) < 4.78 is 29.5. The fourth-order valence-corrected chi connectivity index (χ4v) is 3.95. The standard InChI is InChI=1S/C24H20F2N2O2/c1-3-12-28-14(2)20(18-8-5-9-19(26)21(18)24(28)30)23(29)27-22(15-10-11-15)16-6-4-7-17(25)13-16/h1,4-9,13,15,22H,10-12H2,2H3,(H,27,29)/t22-/m0/s1. The highest BCUT2D eigenvalue weighted by Crippen LogP contribution is 2.41. The number of fused-ring (bicyclic) bond motifs is 1. The molecule has 0 unspecified atom stereocenters. The first kappa shape index (κ1) is 19.8. The van der Waals surface area contributed by atoms with Crippen LogP contribution < -0.4 is 10.9 Å². The van der Waals surface area contributed by atoms with Crippen molar-refractivity contribution in [1.29, 1.82) is 0 Å². The molecule has 0 spiro atoms. The van der Waals surface area contributed by atoms with E-state index in [1.54, 1.807) is 25.1 Å². The molecule has 6 heteroatoms. The van der Waals surface area contributed by atoms with Crippen molar-refractivity contribution in [3.05, 3.63) is 81.3 Å². The van der Waals surface area contributed by atoms with Crippen molar-refractivity contribution in [2.24, 2.45) is 5.92 Å². The Kier molecular flexibility index (Phi) is 5.13. The van der Waals surface area contributed by atoms with E-state index in [0.29, 0.717) is 11.3 Å². The number of amides is 1. The maximum atomic E-state index is 14.5. The number of rotatable bonds is 5. The molecule has 0 bridgehead atoms. The predicted octanol–water partition coefficient (Wildman–Crippen LogP) is 4.10. The molecule has 0 aliphatic heterocycles. The number of aromatic nitrogens is 1. The van der Waals surface area contributed by atoms with Crippen LogP contribution >= 0.6 is 0 Å². The number of terminal acetylenes is 1. The van der Waals surface area contributed by atoms with Gasteiger partial charge in [-0.2, -0.15) is 0 Å². The molecule has 1 aliphatic rings. The van der Waals surface area contributed by atoms with E-state index in [-0.39, 0.29) is 40.7 Å². The van der Waals surface area contributed by atoms with E-state index in [1.165, 1.54) is 28.8 Å². The molecule has 1 fully saturated rings. The van der Waals surface area contributed by atoms with Crippen LogP contribution in [0.1, 0.15) is 40.5 Å². The first-order chi connectivity index (χ1) is 14.4.